The van der Waals surface area contributed by atoms with Gasteiger partial charge in [-0.3, -0.25) is 19.3 Å². The molecule has 2 aromatic rings. The van der Waals surface area contributed by atoms with Crippen LogP contribution in [0, 0.1) is 0 Å². The van der Waals surface area contributed by atoms with E-state index in [2.05, 4.69) is 0 Å². The molecule has 0 radical (unpaired) electrons. The normalized spacial score (nSPS) is 15.3. The molecule has 0 spiro atoms. The van der Waals surface area contributed by atoms with Crippen molar-refractivity contribution in [2.24, 2.45) is 5.73 Å². The molecule has 2 N–H and O–H groups in total. The average molecular weight is 624 g/mol. The van der Waals surface area contributed by atoms with Gasteiger partial charge < -0.3 is 24.8 Å². The van der Waals surface area contributed by atoms with Crippen LogP contribution >= 0.6 is 11.6 Å². The number of fused-ring (bicyclic) bond motifs is 1. The van der Waals surface area contributed by atoms with Crippen molar-refractivity contribution in [3.05, 3.63) is 58.6 Å². The zero-order valence-electron chi connectivity index (χ0n) is 24.0. The lowest BCUT2D eigenvalue weighted by Crippen LogP contribution is -2.63. The first-order valence-electron chi connectivity index (χ1n) is 12.9. The van der Waals surface area contributed by atoms with E-state index >= 15 is 0 Å². The van der Waals surface area contributed by atoms with Gasteiger partial charge in [0.25, 0.3) is 5.91 Å². The number of halogens is 1. The highest BCUT2D eigenvalue weighted by atomic mass is 35.5. The summed E-state index contributed by atoms with van der Waals surface area (Å²) >= 11 is 6.42. The number of nitrogens with zero attached hydrogens (tertiary/aromatic N) is 2. The van der Waals surface area contributed by atoms with Gasteiger partial charge in [0.2, 0.25) is 10.8 Å². The highest BCUT2D eigenvalue weighted by molar-refractivity contribution is 7.92. The molecule has 0 saturated heterocycles. The number of sulfone groups is 1. The number of hydrogen-bond acceptors (Lipinski definition) is 10. The van der Waals surface area contributed by atoms with Crippen LogP contribution in [0.2, 0.25) is 5.02 Å². The number of ether oxygens (including phenoxy) is 3. The van der Waals surface area contributed by atoms with E-state index in [9.17, 15) is 27.6 Å². The second-order valence-corrected chi connectivity index (χ2v) is 13.4. The van der Waals surface area contributed by atoms with E-state index in [-0.39, 0.29) is 30.3 Å². The van der Waals surface area contributed by atoms with Gasteiger partial charge in [-0.05, 0) is 50.6 Å². The Labute approximate surface area is 249 Å². The fourth-order valence-electron chi connectivity index (χ4n) is 4.08. The molecular weight excluding hydrogens is 590 g/mol. The number of carbonyl (C=O) groups is 4. The van der Waals surface area contributed by atoms with Gasteiger partial charge in [-0.2, -0.15) is 0 Å². The number of amides is 2. The Morgan fingerprint density at radius 2 is 1.71 bits per heavy atom. The van der Waals surface area contributed by atoms with Crippen molar-refractivity contribution in [2.45, 2.75) is 44.7 Å². The maximum absolute atomic E-state index is 13.7. The molecule has 1 unspecified atom stereocenters. The first-order valence-corrected chi connectivity index (χ1v) is 15.1. The molecule has 228 valence electrons. The first kappa shape index (κ1) is 32.8. The summed E-state index contributed by atoms with van der Waals surface area (Å²) in [5.41, 5.74) is 6.13. The summed E-state index contributed by atoms with van der Waals surface area (Å²) in [6.45, 7) is 4.78. The summed E-state index contributed by atoms with van der Waals surface area (Å²) < 4.78 is 41.1. The van der Waals surface area contributed by atoms with E-state index in [1.165, 1.54) is 30.0 Å². The topological polar surface area (TPSA) is 163 Å². The smallest absolute Gasteiger partial charge is 0.344 e. The number of rotatable bonds is 9. The maximum Gasteiger partial charge on any atom is 0.344 e. The molecule has 0 fully saturated rings. The molecule has 1 heterocycles. The van der Waals surface area contributed by atoms with Crippen molar-refractivity contribution < 1.29 is 41.8 Å². The second kappa shape index (κ2) is 12.7. The van der Waals surface area contributed by atoms with Crippen LogP contribution in [0.4, 0.5) is 5.69 Å². The van der Waals surface area contributed by atoms with Crippen molar-refractivity contribution in [1.29, 1.82) is 0 Å². The van der Waals surface area contributed by atoms with Gasteiger partial charge >= 0.3 is 11.9 Å². The Kier molecular flexibility index (Phi) is 9.91. The van der Waals surface area contributed by atoms with Crippen LogP contribution in [0.3, 0.4) is 0 Å². The van der Waals surface area contributed by atoms with E-state index in [0.717, 1.165) is 11.2 Å². The van der Waals surface area contributed by atoms with Crippen molar-refractivity contribution >= 4 is 50.9 Å². The molecule has 42 heavy (non-hydrogen) atoms. The van der Waals surface area contributed by atoms with Crippen molar-refractivity contribution in [1.82, 2.24) is 4.90 Å². The minimum absolute atomic E-state index is 0.0359. The van der Waals surface area contributed by atoms with Gasteiger partial charge in [0.15, 0.2) is 9.84 Å². The van der Waals surface area contributed by atoms with Gasteiger partial charge in [0, 0.05) is 25.4 Å². The summed E-state index contributed by atoms with van der Waals surface area (Å²) in [6, 6.07) is 11.1. The largest absolute Gasteiger partial charge is 0.490 e. The van der Waals surface area contributed by atoms with Crippen molar-refractivity contribution in [3.8, 4) is 5.75 Å². The minimum atomic E-state index is -4.27. The molecule has 1 aliphatic rings. The highest BCUT2D eigenvalue weighted by Crippen LogP contribution is 2.31. The first-order chi connectivity index (χ1) is 19.4. The van der Waals surface area contributed by atoms with Crippen LogP contribution in [0.1, 0.15) is 43.6 Å². The number of benzene rings is 2. The van der Waals surface area contributed by atoms with Gasteiger partial charge in [0.05, 0.1) is 17.1 Å². The van der Waals surface area contributed by atoms with E-state index < -0.39 is 57.2 Å². The quantitative estimate of drug-likeness (QED) is 0.324. The Bertz CT molecular complexity index is 1490. The Morgan fingerprint density at radius 3 is 2.31 bits per heavy atom. The molecule has 1 atom stereocenters. The molecule has 14 heteroatoms. The van der Waals surface area contributed by atoms with Crippen LogP contribution in [0.25, 0.3) is 0 Å². The molecule has 0 aromatic heterocycles. The Balaban J connectivity index is 1.90. The molecule has 3 rings (SSSR count). The lowest BCUT2D eigenvalue weighted by Gasteiger charge is -2.34. The highest BCUT2D eigenvalue weighted by Gasteiger charge is 2.50. The van der Waals surface area contributed by atoms with Crippen LogP contribution < -0.4 is 15.4 Å². The average Bonchev–Trinajstić information content (AvgIpc) is 3.00. The SMILES string of the molecule is CC(=O)OCCOc1ccc(C(=O)N2CC(=O)N(CC(N)(C(=O)OC(C)(C)C)S(C)(=O)=O)Cc3ccccc32)c(Cl)c1. The fourth-order valence-corrected chi connectivity index (χ4v) is 5.06. The zero-order valence-corrected chi connectivity index (χ0v) is 25.6. The Hall–Kier alpha value is -3.68. The molecule has 2 amide bonds. The maximum atomic E-state index is 13.7. The molecule has 12 nitrogen and oxygen atoms in total. The van der Waals surface area contributed by atoms with Crippen LogP contribution in [-0.2, 0) is 40.2 Å². The predicted octanol–water partition coefficient (Wildman–Crippen LogP) is 2.31. The van der Waals surface area contributed by atoms with Gasteiger partial charge in [-0.25, -0.2) is 13.2 Å². The van der Waals surface area contributed by atoms with E-state index in [0.29, 0.717) is 17.0 Å². The standard InChI is InChI=1S/C28H34ClN3O9S/c1-18(33)39-12-13-40-20-10-11-21(22(29)14-20)25(35)32-16-24(34)31(15-19-8-6-7-9-23(19)32)17-28(30,42(5,37)38)26(36)41-27(2,3)4/h6-11,14H,12-13,15-17,30H2,1-5H3. The summed E-state index contributed by atoms with van der Waals surface area (Å²) in [7, 11) is -4.27. The van der Waals surface area contributed by atoms with Gasteiger partial charge in [-0.15, -0.1) is 0 Å². The molecule has 0 bridgehead atoms. The number of anilines is 1. The summed E-state index contributed by atoms with van der Waals surface area (Å²) in [4.78, 5) is 50.9. The third-order valence-electron chi connectivity index (χ3n) is 6.20. The van der Waals surface area contributed by atoms with Crippen molar-refractivity contribution in [2.75, 3.05) is 37.5 Å². The minimum Gasteiger partial charge on any atom is -0.490 e. The van der Waals surface area contributed by atoms with Gasteiger partial charge in [-0.1, -0.05) is 29.8 Å². The fraction of sp³-hybridized carbons (Fsp3) is 0.429. The lowest BCUT2D eigenvalue weighted by molar-refractivity contribution is -0.159. The molecule has 2 aromatic carbocycles. The molecule has 1 aliphatic heterocycles. The zero-order chi connectivity index (χ0) is 31.5. The summed E-state index contributed by atoms with van der Waals surface area (Å²) in [5, 5.41) is 0.0546. The third-order valence-corrected chi connectivity index (χ3v) is 8.13. The summed E-state index contributed by atoms with van der Waals surface area (Å²) in [6.07, 6.45) is 0.800. The van der Waals surface area contributed by atoms with E-state index in [1.807, 2.05) is 0 Å². The van der Waals surface area contributed by atoms with Crippen LogP contribution in [0.5, 0.6) is 5.75 Å². The number of para-hydroxylation sites is 1. The molecular formula is C28H34ClN3O9S. The number of nitrogens with two attached hydrogens (primary N) is 1. The van der Waals surface area contributed by atoms with Crippen LogP contribution in [-0.4, -0.2) is 80.1 Å². The number of carbonyl (C=O) groups excluding carboxylic acids is 4. The van der Waals surface area contributed by atoms with E-state index in [4.69, 9.17) is 31.5 Å². The van der Waals surface area contributed by atoms with E-state index in [1.54, 1.807) is 45.0 Å². The second-order valence-electron chi connectivity index (χ2n) is 10.8. The number of esters is 2. The lowest BCUT2D eigenvalue weighted by atomic mass is 10.1. The number of hydrogen-bond donors (Lipinski definition) is 1. The van der Waals surface area contributed by atoms with Crippen LogP contribution in [0.15, 0.2) is 42.5 Å². The molecule has 0 saturated carbocycles. The van der Waals surface area contributed by atoms with Crippen molar-refractivity contribution in [3.63, 3.8) is 0 Å². The predicted molar refractivity (Wildman–Crippen MR) is 155 cm³/mol. The monoisotopic (exact) mass is 623 g/mol. The Morgan fingerprint density at radius 1 is 1.05 bits per heavy atom. The third kappa shape index (κ3) is 7.78. The van der Waals surface area contributed by atoms with Gasteiger partial charge in [0.1, 0.15) is 31.1 Å². The molecule has 0 aliphatic carbocycles. The summed E-state index contributed by atoms with van der Waals surface area (Å²) in [5.74, 6) is -2.55.